The van der Waals surface area contributed by atoms with Crippen LogP contribution in [0.5, 0.6) is 0 Å². The smallest absolute Gasteiger partial charge is 0.193 e. The van der Waals surface area contributed by atoms with E-state index in [9.17, 15) is 4.79 Å². The topological polar surface area (TPSA) is 41.1 Å². The Bertz CT molecular complexity index is 594. The van der Waals surface area contributed by atoms with E-state index in [2.05, 4.69) is 26.6 Å². The Kier molecular flexibility index (Phi) is 2.34. The Balaban J connectivity index is 2.24. The van der Waals surface area contributed by atoms with E-state index in [4.69, 9.17) is 12.2 Å². The predicted octanol–water partition coefficient (Wildman–Crippen LogP) is 2.44. The fourth-order valence-corrected chi connectivity index (χ4v) is 2.98. The minimum Gasteiger partial charge on any atom is -0.351 e. The van der Waals surface area contributed by atoms with E-state index >= 15 is 0 Å². The number of benzene rings is 1. The third kappa shape index (κ3) is 1.53. The van der Waals surface area contributed by atoms with Crippen LogP contribution in [0.15, 0.2) is 33.9 Å². The number of fused-ring (bicyclic) bond motifs is 3. The minimum atomic E-state index is -0.0978. The van der Waals surface area contributed by atoms with Crippen molar-refractivity contribution in [1.82, 2.24) is 10.6 Å². The summed E-state index contributed by atoms with van der Waals surface area (Å²) in [5.74, 6) is 0.0753. The van der Waals surface area contributed by atoms with E-state index in [1.165, 1.54) is 0 Å². The number of hydrogen-bond acceptors (Lipinski definition) is 2. The molecule has 1 unspecified atom stereocenters. The average Bonchev–Trinajstić information content (AvgIpc) is 2.52. The first-order valence-electron chi connectivity index (χ1n) is 5.20. The Morgan fingerprint density at radius 3 is 2.94 bits per heavy atom. The van der Waals surface area contributed by atoms with Gasteiger partial charge in [0, 0.05) is 21.3 Å². The monoisotopic (exact) mass is 308 g/mol. The lowest BCUT2D eigenvalue weighted by molar-refractivity contribution is 0.103. The first-order valence-corrected chi connectivity index (χ1v) is 6.40. The molecule has 0 saturated heterocycles. The maximum atomic E-state index is 12.3. The SMILES string of the molecule is CC1=C2C(=O)c3cc(Br)ccc3C2NC(=S)N1. The van der Waals surface area contributed by atoms with Crippen LogP contribution in [0.25, 0.3) is 0 Å². The van der Waals surface area contributed by atoms with Crippen molar-refractivity contribution in [3.8, 4) is 0 Å². The van der Waals surface area contributed by atoms with Crippen molar-refractivity contribution in [2.45, 2.75) is 13.0 Å². The molecule has 0 amide bonds. The number of hydrogen-bond donors (Lipinski definition) is 2. The van der Waals surface area contributed by atoms with Crippen molar-refractivity contribution >= 4 is 39.0 Å². The maximum absolute atomic E-state index is 12.3. The molecule has 3 nitrogen and oxygen atoms in total. The second-order valence-electron chi connectivity index (χ2n) is 4.13. The van der Waals surface area contributed by atoms with Crippen LogP contribution < -0.4 is 10.6 Å². The quantitative estimate of drug-likeness (QED) is 0.722. The number of Topliss-reactive ketones (excluding diaryl/α,β-unsaturated/α-hetero) is 1. The number of thiocarbonyl (C=S) groups is 1. The van der Waals surface area contributed by atoms with E-state index in [0.717, 1.165) is 26.9 Å². The molecule has 2 aliphatic rings. The van der Waals surface area contributed by atoms with Crippen molar-refractivity contribution in [3.63, 3.8) is 0 Å². The molecule has 0 radical (unpaired) electrons. The van der Waals surface area contributed by atoms with Gasteiger partial charge in [0.2, 0.25) is 0 Å². The van der Waals surface area contributed by atoms with Crippen molar-refractivity contribution in [1.29, 1.82) is 0 Å². The zero-order chi connectivity index (χ0) is 12.2. The molecule has 2 N–H and O–H groups in total. The molecule has 3 rings (SSSR count). The van der Waals surface area contributed by atoms with Crippen LogP contribution >= 0.6 is 28.1 Å². The summed E-state index contributed by atoms with van der Waals surface area (Å²) in [5.41, 5.74) is 3.36. The minimum absolute atomic E-state index is 0.0753. The normalized spacial score (nSPS) is 21.9. The number of allylic oxidation sites excluding steroid dienone is 1. The first kappa shape index (κ1) is 10.9. The highest BCUT2D eigenvalue weighted by Crippen LogP contribution is 2.39. The molecule has 0 fully saturated rings. The van der Waals surface area contributed by atoms with E-state index in [0.29, 0.717) is 5.11 Å². The van der Waals surface area contributed by atoms with Gasteiger partial charge in [0.25, 0.3) is 0 Å². The lowest BCUT2D eigenvalue weighted by Crippen LogP contribution is -2.42. The van der Waals surface area contributed by atoms with Crippen LogP contribution in [0.1, 0.15) is 28.9 Å². The van der Waals surface area contributed by atoms with Crippen LogP contribution in [-0.2, 0) is 0 Å². The van der Waals surface area contributed by atoms with Gasteiger partial charge in [0.15, 0.2) is 10.9 Å². The third-order valence-corrected chi connectivity index (χ3v) is 3.80. The standard InChI is InChI=1S/C12H9BrN2OS/c1-5-9-10(15-12(17)14-5)7-3-2-6(13)4-8(7)11(9)16/h2-4,10H,1H3,(H2,14,15,17). The van der Waals surface area contributed by atoms with Crippen molar-refractivity contribution in [2.75, 3.05) is 0 Å². The molecule has 1 aliphatic heterocycles. The van der Waals surface area contributed by atoms with Gasteiger partial charge in [-0.05, 0) is 36.8 Å². The summed E-state index contributed by atoms with van der Waals surface area (Å²) in [6, 6.07) is 5.67. The van der Waals surface area contributed by atoms with Gasteiger partial charge in [-0.1, -0.05) is 22.0 Å². The van der Waals surface area contributed by atoms with Gasteiger partial charge in [-0.25, -0.2) is 0 Å². The molecular formula is C12H9BrN2OS. The fourth-order valence-electron chi connectivity index (χ4n) is 2.35. The van der Waals surface area contributed by atoms with Gasteiger partial charge in [-0.3, -0.25) is 4.79 Å². The summed E-state index contributed by atoms with van der Waals surface area (Å²) < 4.78 is 0.914. The highest BCUT2D eigenvalue weighted by Gasteiger charge is 2.38. The summed E-state index contributed by atoms with van der Waals surface area (Å²) >= 11 is 8.51. The van der Waals surface area contributed by atoms with Crippen molar-refractivity contribution in [2.24, 2.45) is 0 Å². The van der Waals surface area contributed by atoms with Crippen molar-refractivity contribution in [3.05, 3.63) is 45.1 Å². The predicted molar refractivity (Wildman–Crippen MR) is 72.8 cm³/mol. The number of rotatable bonds is 0. The Hall–Kier alpha value is -1.20. The number of nitrogens with one attached hydrogen (secondary N) is 2. The van der Waals surface area contributed by atoms with E-state index < -0.39 is 0 Å². The summed E-state index contributed by atoms with van der Waals surface area (Å²) in [6.07, 6.45) is 0. The molecule has 17 heavy (non-hydrogen) atoms. The molecule has 0 spiro atoms. The van der Waals surface area contributed by atoms with E-state index in [1.807, 2.05) is 25.1 Å². The van der Waals surface area contributed by atoms with Crippen LogP contribution in [0, 0.1) is 0 Å². The van der Waals surface area contributed by atoms with E-state index in [-0.39, 0.29) is 11.8 Å². The molecule has 5 heteroatoms. The van der Waals surface area contributed by atoms with Gasteiger partial charge in [-0.15, -0.1) is 0 Å². The number of ketones is 1. The third-order valence-electron chi connectivity index (χ3n) is 3.08. The molecule has 1 heterocycles. The Morgan fingerprint density at radius 2 is 2.18 bits per heavy atom. The molecule has 1 aromatic carbocycles. The zero-order valence-corrected chi connectivity index (χ0v) is 11.4. The highest BCUT2D eigenvalue weighted by atomic mass is 79.9. The van der Waals surface area contributed by atoms with Gasteiger partial charge < -0.3 is 10.6 Å². The molecule has 1 atom stereocenters. The summed E-state index contributed by atoms with van der Waals surface area (Å²) in [6.45, 7) is 1.88. The van der Waals surface area contributed by atoms with Gasteiger partial charge in [-0.2, -0.15) is 0 Å². The second-order valence-corrected chi connectivity index (χ2v) is 5.45. The summed E-state index contributed by atoms with van der Waals surface area (Å²) in [4.78, 5) is 12.3. The van der Waals surface area contributed by atoms with Crippen LogP contribution in [0.4, 0.5) is 0 Å². The van der Waals surface area contributed by atoms with Crippen LogP contribution in [0.3, 0.4) is 0 Å². The first-order chi connectivity index (χ1) is 8.08. The summed E-state index contributed by atoms with van der Waals surface area (Å²) in [5, 5.41) is 6.71. The number of carbonyl (C=O) groups excluding carboxylic acids is 1. The molecule has 0 bridgehead atoms. The molecule has 86 valence electrons. The second kappa shape index (κ2) is 3.65. The number of halogens is 1. The van der Waals surface area contributed by atoms with Crippen LogP contribution in [0.2, 0.25) is 0 Å². The Morgan fingerprint density at radius 1 is 1.41 bits per heavy atom. The fraction of sp³-hybridized carbons (Fsp3) is 0.167. The lowest BCUT2D eigenvalue weighted by atomic mass is 10.0. The van der Waals surface area contributed by atoms with Gasteiger partial charge in [0.1, 0.15) is 0 Å². The molecule has 0 saturated carbocycles. The molecule has 1 aliphatic carbocycles. The molecule has 0 aromatic heterocycles. The van der Waals surface area contributed by atoms with Gasteiger partial charge >= 0.3 is 0 Å². The maximum Gasteiger partial charge on any atom is 0.193 e. The molecule has 1 aromatic rings. The largest absolute Gasteiger partial charge is 0.351 e. The van der Waals surface area contributed by atoms with Crippen molar-refractivity contribution < 1.29 is 4.79 Å². The highest BCUT2D eigenvalue weighted by molar-refractivity contribution is 9.10. The zero-order valence-electron chi connectivity index (χ0n) is 9.00. The van der Waals surface area contributed by atoms with Gasteiger partial charge in [0.05, 0.1) is 6.04 Å². The Labute approximate surface area is 112 Å². The molecular weight excluding hydrogens is 300 g/mol. The average molecular weight is 309 g/mol. The van der Waals surface area contributed by atoms with E-state index in [1.54, 1.807) is 0 Å². The lowest BCUT2D eigenvalue weighted by Gasteiger charge is -2.25. The summed E-state index contributed by atoms with van der Waals surface area (Å²) in [7, 11) is 0. The number of carbonyl (C=O) groups is 1. The van der Waals surface area contributed by atoms with Crippen LogP contribution in [-0.4, -0.2) is 10.9 Å².